The average Bonchev–Trinajstić information content (AvgIpc) is 3.17. The van der Waals surface area contributed by atoms with Crippen molar-refractivity contribution >= 4 is 46.2 Å². The van der Waals surface area contributed by atoms with Crippen LogP contribution in [-0.2, 0) is 6.54 Å². The van der Waals surface area contributed by atoms with Crippen molar-refractivity contribution in [3.63, 3.8) is 0 Å². The Morgan fingerprint density at radius 3 is 2.72 bits per heavy atom. The lowest BCUT2D eigenvalue weighted by Gasteiger charge is -2.11. The standard InChI is InChI=1S/C18H13Cl2N5O4/c19-11-2-1-3-12(15(11)20)24-18-16(25(26)27)17(22-8-23-18)21-7-10-4-5-13-14(6-10)29-9-28-13/h1-6,8H,7,9H2,(H2,21,22,23,24). The molecule has 9 nitrogen and oxygen atoms in total. The molecule has 3 aromatic rings. The number of anilines is 3. The van der Waals surface area contributed by atoms with Crippen LogP contribution >= 0.6 is 23.2 Å². The average molecular weight is 434 g/mol. The first-order chi connectivity index (χ1) is 14.0. The van der Waals surface area contributed by atoms with E-state index < -0.39 is 4.92 Å². The molecule has 0 fully saturated rings. The van der Waals surface area contributed by atoms with Gasteiger partial charge in [-0.1, -0.05) is 35.3 Å². The predicted molar refractivity (Wildman–Crippen MR) is 108 cm³/mol. The Labute approximate surface area is 174 Å². The molecule has 1 aliphatic rings. The van der Waals surface area contributed by atoms with Gasteiger partial charge in [0.2, 0.25) is 18.4 Å². The molecule has 148 valence electrons. The van der Waals surface area contributed by atoms with Crippen LogP contribution in [0.2, 0.25) is 10.0 Å². The van der Waals surface area contributed by atoms with Gasteiger partial charge in [0.05, 0.1) is 20.7 Å². The van der Waals surface area contributed by atoms with Crippen LogP contribution in [0.1, 0.15) is 5.56 Å². The molecular weight excluding hydrogens is 421 g/mol. The van der Waals surface area contributed by atoms with E-state index in [1.54, 1.807) is 30.3 Å². The smallest absolute Gasteiger partial charge is 0.353 e. The molecule has 0 saturated heterocycles. The Hall–Kier alpha value is -3.30. The van der Waals surface area contributed by atoms with Crippen LogP contribution < -0.4 is 20.1 Å². The number of nitro groups is 1. The lowest BCUT2D eigenvalue weighted by molar-refractivity contribution is -0.383. The quantitative estimate of drug-likeness (QED) is 0.421. The lowest BCUT2D eigenvalue weighted by atomic mass is 10.2. The van der Waals surface area contributed by atoms with E-state index in [-0.39, 0.29) is 35.7 Å². The fraction of sp³-hybridized carbons (Fsp3) is 0.111. The highest BCUT2D eigenvalue weighted by atomic mass is 35.5. The van der Waals surface area contributed by atoms with Crippen LogP contribution in [0, 0.1) is 10.1 Å². The normalized spacial score (nSPS) is 11.9. The van der Waals surface area contributed by atoms with Gasteiger partial charge in [0.25, 0.3) is 0 Å². The third-order valence-corrected chi connectivity index (χ3v) is 4.93. The summed E-state index contributed by atoms with van der Waals surface area (Å²) >= 11 is 12.2. The molecule has 0 atom stereocenters. The summed E-state index contributed by atoms with van der Waals surface area (Å²) < 4.78 is 10.6. The van der Waals surface area contributed by atoms with Crippen molar-refractivity contribution in [2.24, 2.45) is 0 Å². The van der Waals surface area contributed by atoms with E-state index in [1.807, 2.05) is 6.07 Å². The minimum absolute atomic E-state index is 0.0117. The highest BCUT2D eigenvalue weighted by molar-refractivity contribution is 6.43. The molecule has 0 amide bonds. The van der Waals surface area contributed by atoms with Crippen LogP contribution in [0.3, 0.4) is 0 Å². The van der Waals surface area contributed by atoms with E-state index in [4.69, 9.17) is 32.7 Å². The summed E-state index contributed by atoms with van der Waals surface area (Å²) in [5, 5.41) is 18.1. The number of nitrogens with zero attached hydrogens (tertiary/aromatic N) is 3. The van der Waals surface area contributed by atoms with Crippen LogP contribution in [0.4, 0.5) is 23.0 Å². The van der Waals surface area contributed by atoms with Gasteiger partial charge >= 0.3 is 5.69 Å². The maximum absolute atomic E-state index is 11.7. The van der Waals surface area contributed by atoms with Gasteiger partial charge in [0.1, 0.15) is 6.33 Å². The first-order valence-electron chi connectivity index (χ1n) is 8.36. The summed E-state index contributed by atoms with van der Waals surface area (Å²) in [5.41, 5.74) is 0.918. The predicted octanol–water partition coefficient (Wildman–Crippen LogP) is 4.78. The maximum Gasteiger partial charge on any atom is 0.353 e. The Morgan fingerprint density at radius 2 is 1.90 bits per heavy atom. The zero-order chi connectivity index (χ0) is 20.4. The van der Waals surface area contributed by atoms with Crippen molar-refractivity contribution in [2.75, 3.05) is 17.4 Å². The van der Waals surface area contributed by atoms with Gasteiger partial charge in [0.15, 0.2) is 11.5 Å². The van der Waals surface area contributed by atoms with Gasteiger partial charge in [-0.05, 0) is 29.8 Å². The Balaban J connectivity index is 1.59. The largest absolute Gasteiger partial charge is 0.454 e. The van der Waals surface area contributed by atoms with Crippen molar-refractivity contribution in [3.8, 4) is 11.5 Å². The number of benzene rings is 2. The van der Waals surface area contributed by atoms with E-state index in [2.05, 4.69) is 20.6 Å². The number of fused-ring (bicyclic) bond motifs is 1. The van der Waals surface area contributed by atoms with Crippen molar-refractivity contribution < 1.29 is 14.4 Å². The molecule has 1 aromatic heterocycles. The van der Waals surface area contributed by atoms with E-state index in [0.29, 0.717) is 22.2 Å². The second kappa shape index (κ2) is 7.98. The summed E-state index contributed by atoms with van der Waals surface area (Å²) in [6.45, 7) is 0.455. The zero-order valence-electron chi connectivity index (χ0n) is 14.7. The van der Waals surface area contributed by atoms with Crippen LogP contribution in [0.25, 0.3) is 0 Å². The molecule has 2 N–H and O–H groups in total. The first-order valence-corrected chi connectivity index (χ1v) is 9.11. The van der Waals surface area contributed by atoms with Gasteiger partial charge in [-0.25, -0.2) is 9.97 Å². The van der Waals surface area contributed by atoms with Gasteiger partial charge < -0.3 is 20.1 Å². The summed E-state index contributed by atoms with van der Waals surface area (Å²) in [4.78, 5) is 19.1. The molecule has 0 bridgehead atoms. The molecule has 2 aromatic carbocycles. The number of ether oxygens (including phenoxy) is 2. The number of nitrogens with one attached hydrogen (secondary N) is 2. The van der Waals surface area contributed by atoms with Crippen molar-refractivity contribution in [1.29, 1.82) is 0 Å². The third-order valence-electron chi connectivity index (χ3n) is 4.11. The molecular formula is C18H13Cl2N5O4. The number of hydrogen-bond acceptors (Lipinski definition) is 8. The van der Waals surface area contributed by atoms with E-state index in [1.165, 1.54) is 6.33 Å². The third kappa shape index (κ3) is 3.96. The Morgan fingerprint density at radius 1 is 1.10 bits per heavy atom. The summed E-state index contributed by atoms with van der Waals surface area (Å²) in [5.74, 6) is 1.33. The first kappa shape index (κ1) is 19.0. The van der Waals surface area contributed by atoms with Crippen LogP contribution in [-0.4, -0.2) is 21.7 Å². The van der Waals surface area contributed by atoms with Crippen LogP contribution in [0.5, 0.6) is 11.5 Å². The molecule has 0 saturated carbocycles. The minimum Gasteiger partial charge on any atom is -0.454 e. The molecule has 2 heterocycles. The fourth-order valence-corrected chi connectivity index (χ4v) is 3.08. The molecule has 11 heteroatoms. The molecule has 4 rings (SSSR count). The number of rotatable bonds is 6. The molecule has 0 aliphatic carbocycles. The van der Waals surface area contributed by atoms with Gasteiger partial charge in [-0.3, -0.25) is 10.1 Å². The molecule has 0 radical (unpaired) electrons. The highest BCUT2D eigenvalue weighted by Crippen LogP contribution is 2.36. The number of hydrogen-bond donors (Lipinski definition) is 2. The van der Waals surface area contributed by atoms with E-state index >= 15 is 0 Å². The number of halogens is 2. The molecule has 29 heavy (non-hydrogen) atoms. The summed E-state index contributed by atoms with van der Waals surface area (Å²) in [7, 11) is 0. The monoisotopic (exact) mass is 433 g/mol. The highest BCUT2D eigenvalue weighted by Gasteiger charge is 2.24. The number of aromatic nitrogens is 2. The molecule has 0 spiro atoms. The van der Waals surface area contributed by atoms with Crippen molar-refractivity contribution in [2.45, 2.75) is 6.54 Å². The second-order valence-corrected chi connectivity index (χ2v) is 6.73. The molecule has 0 unspecified atom stereocenters. The summed E-state index contributed by atoms with van der Waals surface area (Å²) in [6, 6.07) is 10.3. The van der Waals surface area contributed by atoms with Gasteiger partial charge in [0, 0.05) is 6.54 Å². The fourth-order valence-electron chi connectivity index (χ4n) is 2.74. The van der Waals surface area contributed by atoms with Crippen LogP contribution in [0.15, 0.2) is 42.7 Å². The molecule has 1 aliphatic heterocycles. The second-order valence-electron chi connectivity index (χ2n) is 5.94. The lowest BCUT2D eigenvalue weighted by Crippen LogP contribution is -2.08. The Bertz CT molecular complexity index is 1100. The SMILES string of the molecule is O=[N+]([O-])c1c(NCc2ccc3c(c2)OCO3)ncnc1Nc1cccc(Cl)c1Cl. The van der Waals surface area contributed by atoms with E-state index in [9.17, 15) is 10.1 Å². The maximum atomic E-state index is 11.7. The van der Waals surface area contributed by atoms with Crippen molar-refractivity contribution in [1.82, 2.24) is 9.97 Å². The zero-order valence-corrected chi connectivity index (χ0v) is 16.2. The Kier molecular flexibility index (Phi) is 5.24. The van der Waals surface area contributed by atoms with Gasteiger partial charge in [-0.2, -0.15) is 0 Å². The van der Waals surface area contributed by atoms with E-state index in [0.717, 1.165) is 5.56 Å². The van der Waals surface area contributed by atoms with Gasteiger partial charge in [-0.15, -0.1) is 0 Å². The van der Waals surface area contributed by atoms with Crippen molar-refractivity contribution in [3.05, 3.63) is 68.4 Å². The minimum atomic E-state index is -0.567. The topological polar surface area (TPSA) is 111 Å². The summed E-state index contributed by atoms with van der Waals surface area (Å²) in [6.07, 6.45) is 1.22.